The molecule has 1 heterocycles. The zero-order valence-corrected chi connectivity index (χ0v) is 8.65. The summed E-state index contributed by atoms with van der Waals surface area (Å²) in [6, 6.07) is 10.6. The fourth-order valence-electron chi connectivity index (χ4n) is 0.950. The quantitative estimate of drug-likeness (QED) is 0.627. The van der Waals surface area contributed by atoms with Crippen molar-refractivity contribution in [2.24, 2.45) is 0 Å². The number of rotatable bonds is 1. The summed E-state index contributed by atoms with van der Waals surface area (Å²) in [4.78, 5) is 0. The van der Waals surface area contributed by atoms with Crippen LogP contribution < -0.4 is 0 Å². The molecule has 2 rings (SSSR count). The first-order chi connectivity index (χ1) is 5.47. The van der Waals surface area contributed by atoms with Gasteiger partial charge in [-0.25, -0.2) is 0 Å². The van der Waals surface area contributed by atoms with E-state index in [4.69, 9.17) is 0 Å². The molecule has 0 bridgehead atoms. The van der Waals surface area contributed by atoms with Gasteiger partial charge in [-0.1, -0.05) is 45.7 Å². The van der Waals surface area contributed by atoms with Crippen molar-refractivity contribution in [1.29, 1.82) is 0 Å². The molecule has 0 fully saturated rings. The van der Waals surface area contributed by atoms with E-state index in [1.165, 1.54) is 26.6 Å². The summed E-state index contributed by atoms with van der Waals surface area (Å²) in [5.41, 5.74) is 1.40. The summed E-state index contributed by atoms with van der Waals surface area (Å²) >= 11 is 0. The second-order valence-electron chi connectivity index (χ2n) is 2.22. The molecule has 3 heteroatoms. The smallest absolute Gasteiger partial charge is 0.0179 e. The molecular formula is C8H7P3. The van der Waals surface area contributed by atoms with Crippen LogP contribution in [0.3, 0.4) is 0 Å². The van der Waals surface area contributed by atoms with Gasteiger partial charge in [0.2, 0.25) is 0 Å². The highest BCUT2D eigenvalue weighted by atomic mass is 32.1. The van der Waals surface area contributed by atoms with Crippen molar-refractivity contribution < 1.29 is 0 Å². The maximum Gasteiger partial charge on any atom is 0.0179 e. The third-order valence-corrected chi connectivity index (χ3v) is 6.61. The summed E-state index contributed by atoms with van der Waals surface area (Å²) in [6.45, 7) is 0. The van der Waals surface area contributed by atoms with Gasteiger partial charge >= 0.3 is 0 Å². The Labute approximate surface area is 70.8 Å². The average molecular weight is 196 g/mol. The van der Waals surface area contributed by atoms with Crippen LogP contribution in [0.25, 0.3) is 10.9 Å². The molecule has 0 saturated carbocycles. The van der Waals surface area contributed by atoms with Crippen molar-refractivity contribution in [3.05, 3.63) is 36.1 Å². The van der Waals surface area contributed by atoms with Gasteiger partial charge < -0.3 is 0 Å². The minimum absolute atomic E-state index is 1.07. The van der Waals surface area contributed by atoms with Gasteiger partial charge in [0.25, 0.3) is 0 Å². The summed E-state index contributed by atoms with van der Waals surface area (Å²) in [7, 11) is 4.08. The third-order valence-electron chi connectivity index (χ3n) is 1.48. The van der Waals surface area contributed by atoms with E-state index in [0.717, 1.165) is 7.55 Å². The Kier molecular flexibility index (Phi) is 2.39. The molecule has 0 N–H and O–H groups in total. The lowest BCUT2D eigenvalue weighted by molar-refractivity contribution is 1.71. The van der Waals surface area contributed by atoms with Crippen LogP contribution in [0, 0.1) is 0 Å². The van der Waals surface area contributed by atoms with Gasteiger partial charge in [-0.2, -0.15) is 0 Å². The fraction of sp³-hybridized carbons (Fsp3) is 0. The zero-order valence-electron chi connectivity index (χ0n) is 5.86. The third kappa shape index (κ3) is 1.71. The van der Waals surface area contributed by atoms with E-state index in [0.29, 0.717) is 0 Å². The molecule has 1 aromatic carbocycles. The van der Waals surface area contributed by atoms with Crippen LogP contribution in [0.1, 0.15) is 0 Å². The molecule has 0 aliphatic heterocycles. The standard InChI is InChI=1S/C8H7P3/c1-2-4-7(5-3-1)8-6-9-11-10-8/h1-6,11H. The second-order valence-corrected chi connectivity index (χ2v) is 7.49. The summed E-state index contributed by atoms with van der Waals surface area (Å²) in [5, 5.41) is 1.51. The van der Waals surface area contributed by atoms with Crippen LogP contribution in [0.4, 0.5) is 0 Å². The Morgan fingerprint density at radius 2 is 1.91 bits per heavy atom. The van der Waals surface area contributed by atoms with Crippen molar-refractivity contribution in [3.8, 4) is 10.9 Å². The Morgan fingerprint density at radius 1 is 1.09 bits per heavy atom. The predicted molar refractivity (Wildman–Crippen MR) is 56.4 cm³/mol. The minimum Gasteiger partial charge on any atom is -0.0812 e. The molecule has 0 nitrogen and oxygen atoms in total. The van der Waals surface area contributed by atoms with Gasteiger partial charge in [-0.3, -0.25) is 0 Å². The molecule has 0 aliphatic carbocycles. The van der Waals surface area contributed by atoms with Crippen LogP contribution in [0.2, 0.25) is 0 Å². The highest BCUT2D eigenvalue weighted by Crippen LogP contribution is 2.42. The van der Waals surface area contributed by atoms with Gasteiger partial charge in [-0.15, -0.1) is 0 Å². The molecule has 0 aliphatic rings. The SMILES string of the molecule is c1ccc(-c2cp[pH]p2)cc1. The van der Waals surface area contributed by atoms with E-state index < -0.39 is 0 Å². The van der Waals surface area contributed by atoms with Crippen molar-refractivity contribution in [2.75, 3.05) is 0 Å². The monoisotopic (exact) mass is 196 g/mol. The van der Waals surface area contributed by atoms with Crippen molar-refractivity contribution >= 4 is 23.3 Å². The summed E-state index contributed by atoms with van der Waals surface area (Å²) < 4.78 is 0. The van der Waals surface area contributed by atoms with Crippen LogP contribution in [-0.4, -0.2) is 0 Å². The van der Waals surface area contributed by atoms with E-state index in [1.807, 2.05) is 0 Å². The molecule has 1 atom stereocenters. The molecule has 1 aromatic heterocycles. The molecule has 0 saturated heterocycles. The van der Waals surface area contributed by atoms with Crippen molar-refractivity contribution in [1.82, 2.24) is 0 Å². The maximum atomic E-state index is 2.33. The summed E-state index contributed by atoms with van der Waals surface area (Å²) in [5.74, 6) is 2.33. The largest absolute Gasteiger partial charge is 0.0812 e. The van der Waals surface area contributed by atoms with Crippen LogP contribution in [0.15, 0.2) is 36.1 Å². The molecule has 0 spiro atoms. The Bertz CT molecular complexity index is 312. The van der Waals surface area contributed by atoms with Crippen LogP contribution in [0.5, 0.6) is 0 Å². The molecule has 2 aromatic rings. The van der Waals surface area contributed by atoms with Crippen molar-refractivity contribution in [2.45, 2.75) is 0 Å². The highest BCUT2D eigenvalue weighted by molar-refractivity contribution is 8.17. The number of hydrogen-bond acceptors (Lipinski definition) is 0. The van der Waals surface area contributed by atoms with E-state index >= 15 is 0 Å². The molecule has 54 valence electrons. The topological polar surface area (TPSA) is 0 Å². The van der Waals surface area contributed by atoms with Gasteiger partial charge in [0.05, 0.1) is 0 Å². The molecule has 0 amide bonds. The first-order valence-electron chi connectivity index (χ1n) is 3.38. The van der Waals surface area contributed by atoms with E-state index in [1.54, 1.807) is 0 Å². The van der Waals surface area contributed by atoms with Gasteiger partial charge in [0.15, 0.2) is 0 Å². The molecule has 11 heavy (non-hydrogen) atoms. The lowest BCUT2D eigenvalue weighted by atomic mass is 10.2. The minimum atomic E-state index is 1.07. The highest BCUT2D eigenvalue weighted by Gasteiger charge is 1.94. The van der Waals surface area contributed by atoms with Crippen LogP contribution in [-0.2, 0) is 0 Å². The predicted octanol–water partition coefficient (Wildman–Crippen LogP) is 4.55. The Balaban J connectivity index is 2.46. The molecule has 0 radical (unpaired) electrons. The zero-order chi connectivity index (χ0) is 7.52. The van der Waals surface area contributed by atoms with Crippen molar-refractivity contribution in [3.63, 3.8) is 0 Å². The second kappa shape index (κ2) is 3.51. The van der Waals surface area contributed by atoms with Gasteiger partial charge in [0.1, 0.15) is 0 Å². The lowest BCUT2D eigenvalue weighted by Gasteiger charge is -1.93. The Morgan fingerprint density at radius 3 is 2.55 bits per heavy atom. The van der Waals surface area contributed by atoms with E-state index in [2.05, 4.69) is 36.1 Å². The maximum absolute atomic E-state index is 2.33. The first-order valence-corrected chi connectivity index (χ1v) is 7.92. The average Bonchev–Trinajstić information content (AvgIpc) is 2.58. The normalized spacial score (nSPS) is 12.0. The summed E-state index contributed by atoms with van der Waals surface area (Å²) in [6.07, 6.45) is 0. The number of hydrogen-bond donors (Lipinski definition) is 0. The van der Waals surface area contributed by atoms with Crippen LogP contribution >= 0.6 is 23.3 Å². The number of benzene rings is 1. The van der Waals surface area contributed by atoms with Gasteiger partial charge in [0, 0.05) is 5.30 Å². The molecular weight excluding hydrogens is 189 g/mol. The van der Waals surface area contributed by atoms with E-state index in [9.17, 15) is 0 Å². The lowest BCUT2D eigenvalue weighted by Crippen LogP contribution is -1.66. The fourth-order valence-corrected chi connectivity index (χ4v) is 6.43. The van der Waals surface area contributed by atoms with E-state index in [-0.39, 0.29) is 0 Å². The first kappa shape index (κ1) is 7.51. The van der Waals surface area contributed by atoms with Gasteiger partial charge in [-0.05, 0) is 19.2 Å². The Hall–Kier alpha value is -0.140. The molecule has 1 unspecified atom stereocenters.